The lowest BCUT2D eigenvalue weighted by atomic mass is 10.2. The number of sulfonamides is 1. The van der Waals surface area contributed by atoms with Crippen LogP contribution in [0.4, 0.5) is 11.4 Å². The van der Waals surface area contributed by atoms with Gasteiger partial charge < -0.3 is 20.0 Å². The van der Waals surface area contributed by atoms with Crippen molar-refractivity contribution in [2.24, 2.45) is 0 Å². The van der Waals surface area contributed by atoms with E-state index < -0.39 is 22.0 Å². The van der Waals surface area contributed by atoms with E-state index >= 15 is 0 Å². The molecule has 9 nitrogen and oxygen atoms in total. The fraction of sp³-hybridized carbons (Fsp3) is 0.333. The van der Waals surface area contributed by atoms with Crippen LogP contribution in [0.15, 0.2) is 57.2 Å². The first-order chi connectivity index (χ1) is 14.9. The lowest BCUT2D eigenvalue weighted by molar-refractivity contribution is -0.159. The van der Waals surface area contributed by atoms with Crippen molar-refractivity contribution in [1.29, 1.82) is 0 Å². The van der Waals surface area contributed by atoms with Crippen molar-refractivity contribution in [3.8, 4) is 0 Å². The molecule has 0 spiro atoms. The predicted molar refractivity (Wildman–Crippen MR) is 123 cm³/mol. The number of anilines is 2. The molecule has 0 aromatic heterocycles. The van der Waals surface area contributed by atoms with Gasteiger partial charge in [0.15, 0.2) is 0 Å². The monoisotopic (exact) mass is 481 g/mol. The van der Waals surface area contributed by atoms with Crippen molar-refractivity contribution >= 4 is 45.1 Å². The second kappa shape index (κ2) is 10.8. The average Bonchev–Trinajstić information content (AvgIpc) is 2.72. The summed E-state index contributed by atoms with van der Waals surface area (Å²) in [7, 11) is 3.80. The van der Waals surface area contributed by atoms with E-state index in [-0.39, 0.29) is 0 Å². The zero-order valence-electron chi connectivity index (χ0n) is 18.3. The first kappa shape index (κ1) is 25.7. The van der Waals surface area contributed by atoms with Crippen LogP contribution < -0.4 is 4.90 Å². The average molecular weight is 482 g/mol. The van der Waals surface area contributed by atoms with E-state index in [0.717, 1.165) is 35.8 Å². The van der Waals surface area contributed by atoms with E-state index in [9.17, 15) is 8.42 Å². The van der Waals surface area contributed by atoms with Gasteiger partial charge in [-0.1, -0.05) is 23.9 Å². The Morgan fingerprint density at radius 1 is 0.938 bits per heavy atom. The molecule has 0 amide bonds. The molecule has 0 fully saturated rings. The van der Waals surface area contributed by atoms with Crippen LogP contribution in [0.1, 0.15) is 6.42 Å². The van der Waals surface area contributed by atoms with E-state index in [1.54, 1.807) is 31.9 Å². The molecule has 3 rings (SSSR count). The molecule has 0 unspecified atom stereocenters. The number of para-hydroxylation sites is 1. The van der Waals surface area contributed by atoms with E-state index in [1.807, 2.05) is 24.3 Å². The Bertz CT molecular complexity index is 1070. The summed E-state index contributed by atoms with van der Waals surface area (Å²) >= 11 is 1.69. The Hall–Kier alpha value is -2.60. The van der Waals surface area contributed by atoms with E-state index in [0.29, 0.717) is 4.90 Å². The summed E-state index contributed by atoms with van der Waals surface area (Å²) in [5.74, 6) is -3.65. The standard InChI is InChI=1S/C19H25N3O2S2.C2H2O4/c1-20(2)12-7-13-22-16-8-5-6-9-18(16)25-19-11-10-15(14-17(19)22)26(23,24)21(3)4;3-1(4)2(5)6/h5-6,8-11,14H,7,12-13H2,1-4H3;(H,3,4)(H,5,6). The largest absolute Gasteiger partial charge is 0.473 e. The van der Waals surface area contributed by atoms with Gasteiger partial charge in [-0.05, 0) is 57.4 Å². The van der Waals surface area contributed by atoms with Gasteiger partial charge in [-0.25, -0.2) is 22.3 Å². The highest BCUT2D eigenvalue weighted by atomic mass is 32.2. The third kappa shape index (κ3) is 6.22. The van der Waals surface area contributed by atoms with Crippen LogP contribution in [0.25, 0.3) is 0 Å². The van der Waals surface area contributed by atoms with Crippen molar-refractivity contribution in [2.45, 2.75) is 21.1 Å². The number of aliphatic carboxylic acids is 2. The summed E-state index contributed by atoms with van der Waals surface area (Å²) in [5.41, 5.74) is 2.11. The number of carboxylic acid groups (broad SMARTS) is 2. The lowest BCUT2D eigenvalue weighted by Gasteiger charge is -2.33. The molecule has 2 N–H and O–H groups in total. The number of hydrogen-bond donors (Lipinski definition) is 2. The maximum atomic E-state index is 12.6. The van der Waals surface area contributed by atoms with Gasteiger partial charge in [0, 0.05) is 30.4 Å². The molecular formula is C21H27N3O6S2. The number of benzene rings is 2. The van der Waals surface area contributed by atoms with Gasteiger partial charge in [0.2, 0.25) is 10.0 Å². The van der Waals surface area contributed by atoms with Gasteiger partial charge in [0.1, 0.15) is 0 Å². The smallest absolute Gasteiger partial charge is 0.414 e. The summed E-state index contributed by atoms with van der Waals surface area (Å²) in [6.07, 6.45) is 0.996. The maximum Gasteiger partial charge on any atom is 0.414 e. The first-order valence-corrected chi connectivity index (χ1v) is 11.9. The van der Waals surface area contributed by atoms with Gasteiger partial charge in [-0.15, -0.1) is 0 Å². The quantitative estimate of drug-likeness (QED) is 0.600. The van der Waals surface area contributed by atoms with E-state index in [4.69, 9.17) is 19.8 Å². The molecule has 0 bridgehead atoms. The predicted octanol–water partition coefficient (Wildman–Crippen LogP) is 2.65. The van der Waals surface area contributed by atoms with E-state index in [2.05, 4.69) is 36.0 Å². The van der Waals surface area contributed by atoms with Crippen LogP contribution in [0.3, 0.4) is 0 Å². The van der Waals surface area contributed by atoms with Crippen molar-refractivity contribution in [2.75, 3.05) is 46.2 Å². The third-order valence-corrected chi connectivity index (χ3v) is 7.49. The van der Waals surface area contributed by atoms with Crippen LogP contribution in [-0.4, -0.2) is 81.1 Å². The molecule has 32 heavy (non-hydrogen) atoms. The Balaban J connectivity index is 0.000000534. The van der Waals surface area contributed by atoms with Crippen molar-refractivity contribution in [3.05, 3.63) is 42.5 Å². The molecule has 1 aliphatic rings. The molecule has 2 aromatic carbocycles. The van der Waals surface area contributed by atoms with Crippen molar-refractivity contribution < 1.29 is 28.2 Å². The van der Waals surface area contributed by atoms with Crippen LogP contribution in [0.2, 0.25) is 0 Å². The van der Waals surface area contributed by atoms with Gasteiger partial charge in [0.05, 0.1) is 16.3 Å². The second-order valence-electron chi connectivity index (χ2n) is 7.41. The minimum absolute atomic E-state index is 0.332. The fourth-order valence-electron chi connectivity index (χ4n) is 2.97. The highest BCUT2D eigenvalue weighted by Gasteiger charge is 2.26. The van der Waals surface area contributed by atoms with Crippen LogP contribution in [0, 0.1) is 0 Å². The SMILES string of the molecule is CN(C)CCCN1c2ccccc2Sc2ccc(S(=O)(=O)N(C)C)cc21.O=C(O)C(=O)O. The number of hydrogen-bond acceptors (Lipinski definition) is 7. The Morgan fingerprint density at radius 2 is 1.53 bits per heavy atom. The summed E-state index contributed by atoms with van der Waals surface area (Å²) < 4.78 is 26.4. The molecular weight excluding hydrogens is 454 g/mol. The number of nitrogens with zero attached hydrogens (tertiary/aromatic N) is 3. The van der Waals surface area contributed by atoms with Gasteiger partial charge >= 0.3 is 11.9 Å². The Labute approximate surface area is 192 Å². The highest BCUT2D eigenvalue weighted by Crippen LogP contribution is 2.48. The van der Waals surface area contributed by atoms with Crippen LogP contribution in [0.5, 0.6) is 0 Å². The third-order valence-electron chi connectivity index (χ3n) is 4.55. The van der Waals surface area contributed by atoms with Gasteiger partial charge in [-0.2, -0.15) is 0 Å². The maximum absolute atomic E-state index is 12.6. The second-order valence-corrected chi connectivity index (χ2v) is 10.6. The molecule has 1 heterocycles. The topological polar surface area (TPSA) is 118 Å². The fourth-order valence-corrected chi connectivity index (χ4v) is 4.96. The molecule has 174 valence electrons. The minimum Gasteiger partial charge on any atom is -0.473 e. The Morgan fingerprint density at radius 3 is 2.09 bits per heavy atom. The van der Waals surface area contributed by atoms with Gasteiger partial charge in [-0.3, -0.25) is 0 Å². The molecule has 0 aliphatic carbocycles. The normalized spacial score (nSPS) is 12.6. The molecule has 0 radical (unpaired) electrons. The van der Waals surface area contributed by atoms with Crippen LogP contribution in [-0.2, 0) is 19.6 Å². The zero-order valence-corrected chi connectivity index (χ0v) is 20.0. The summed E-state index contributed by atoms with van der Waals surface area (Å²) in [4.78, 5) is 25.2. The highest BCUT2D eigenvalue weighted by molar-refractivity contribution is 7.99. The van der Waals surface area contributed by atoms with Crippen LogP contribution >= 0.6 is 11.8 Å². The molecule has 2 aromatic rings. The summed E-state index contributed by atoms with van der Waals surface area (Å²) in [6.45, 7) is 1.82. The molecule has 0 saturated carbocycles. The molecule has 0 atom stereocenters. The van der Waals surface area contributed by atoms with Crippen molar-refractivity contribution in [1.82, 2.24) is 9.21 Å². The molecule has 0 saturated heterocycles. The number of fused-ring (bicyclic) bond motifs is 2. The van der Waals surface area contributed by atoms with Crippen molar-refractivity contribution in [3.63, 3.8) is 0 Å². The first-order valence-electron chi connectivity index (χ1n) is 9.67. The Kier molecular flexibility index (Phi) is 8.67. The molecule has 11 heteroatoms. The van der Waals surface area contributed by atoms with E-state index in [1.165, 1.54) is 9.20 Å². The summed E-state index contributed by atoms with van der Waals surface area (Å²) in [5, 5.41) is 14.8. The number of carbonyl (C=O) groups is 2. The number of carboxylic acids is 2. The lowest BCUT2D eigenvalue weighted by Crippen LogP contribution is -2.26. The minimum atomic E-state index is -3.46. The number of rotatable bonds is 6. The van der Waals surface area contributed by atoms with Gasteiger partial charge in [0.25, 0.3) is 0 Å². The summed E-state index contributed by atoms with van der Waals surface area (Å²) in [6, 6.07) is 13.7. The molecule has 1 aliphatic heterocycles. The zero-order chi connectivity index (χ0) is 24.1.